The van der Waals surface area contributed by atoms with Crippen molar-refractivity contribution in [1.29, 1.82) is 0 Å². The second-order valence-corrected chi connectivity index (χ2v) is 3.10. The van der Waals surface area contributed by atoms with Gasteiger partial charge in [0, 0.05) is 6.54 Å². The van der Waals surface area contributed by atoms with Gasteiger partial charge in [-0.1, -0.05) is 12.1 Å². The first-order chi connectivity index (χ1) is 7.22. The number of rotatable bonds is 2. The highest BCUT2D eigenvalue weighted by Gasteiger charge is 2.15. The molecular formula is C10H11N3O2. The zero-order valence-corrected chi connectivity index (χ0v) is 8.27. The molecule has 0 aliphatic rings. The van der Waals surface area contributed by atoms with Gasteiger partial charge in [0.05, 0.1) is 11.0 Å². The van der Waals surface area contributed by atoms with Gasteiger partial charge in [-0.3, -0.25) is 0 Å². The van der Waals surface area contributed by atoms with Crippen molar-refractivity contribution in [2.45, 2.75) is 6.92 Å². The normalized spacial score (nSPS) is 10.5. The van der Waals surface area contributed by atoms with E-state index < -0.39 is 6.09 Å². The van der Waals surface area contributed by atoms with Crippen LogP contribution in [0.3, 0.4) is 0 Å². The molecule has 0 aliphatic carbocycles. The third kappa shape index (κ3) is 1.63. The van der Waals surface area contributed by atoms with Crippen molar-refractivity contribution in [1.82, 2.24) is 9.97 Å². The molecule has 0 bridgehead atoms. The van der Waals surface area contributed by atoms with Crippen LogP contribution in [0.15, 0.2) is 24.3 Å². The molecule has 1 heterocycles. The molecule has 0 aliphatic heterocycles. The maximum absolute atomic E-state index is 10.9. The van der Waals surface area contributed by atoms with E-state index in [0.717, 1.165) is 11.0 Å². The van der Waals surface area contributed by atoms with Crippen LogP contribution >= 0.6 is 0 Å². The summed E-state index contributed by atoms with van der Waals surface area (Å²) in [7, 11) is 0. The van der Waals surface area contributed by atoms with E-state index in [9.17, 15) is 4.79 Å². The van der Waals surface area contributed by atoms with Crippen molar-refractivity contribution < 1.29 is 9.90 Å². The Morgan fingerprint density at radius 1 is 1.53 bits per heavy atom. The first-order valence-electron chi connectivity index (χ1n) is 4.67. The van der Waals surface area contributed by atoms with Crippen LogP contribution in [0.4, 0.5) is 10.7 Å². The van der Waals surface area contributed by atoms with E-state index in [1.807, 2.05) is 24.3 Å². The van der Waals surface area contributed by atoms with E-state index in [0.29, 0.717) is 12.5 Å². The van der Waals surface area contributed by atoms with E-state index in [4.69, 9.17) is 5.11 Å². The van der Waals surface area contributed by atoms with Gasteiger partial charge in [-0.15, -0.1) is 0 Å². The number of H-pyrrole nitrogens is 1. The maximum Gasteiger partial charge on any atom is 0.414 e. The first-order valence-corrected chi connectivity index (χ1v) is 4.67. The van der Waals surface area contributed by atoms with Gasteiger partial charge >= 0.3 is 6.09 Å². The number of carbonyl (C=O) groups is 1. The molecule has 1 amide bonds. The topological polar surface area (TPSA) is 69.2 Å². The summed E-state index contributed by atoms with van der Waals surface area (Å²) in [4.78, 5) is 19.2. The standard InChI is InChI=1S/C10H11N3O2/c1-2-13(10(14)15)9-11-7-5-3-4-6-8(7)12-9/h3-6H,2H2,1H3,(H,11,12)(H,14,15). The SMILES string of the molecule is CCN(C(=O)O)c1nc2ccccc2[nH]1. The van der Waals surface area contributed by atoms with Crippen LogP contribution in [0.5, 0.6) is 0 Å². The lowest BCUT2D eigenvalue weighted by molar-refractivity contribution is 0.202. The van der Waals surface area contributed by atoms with Gasteiger partial charge in [0.2, 0.25) is 5.95 Å². The number of nitrogens with zero attached hydrogens (tertiary/aromatic N) is 2. The number of aromatic nitrogens is 2. The fourth-order valence-electron chi connectivity index (χ4n) is 1.44. The van der Waals surface area contributed by atoms with Crippen molar-refractivity contribution in [3.8, 4) is 0 Å². The smallest absolute Gasteiger partial charge is 0.414 e. The van der Waals surface area contributed by atoms with E-state index in [1.165, 1.54) is 4.90 Å². The van der Waals surface area contributed by atoms with E-state index in [1.54, 1.807) is 6.92 Å². The van der Waals surface area contributed by atoms with Crippen LogP contribution in [0, 0.1) is 0 Å². The third-order valence-electron chi connectivity index (χ3n) is 2.18. The highest BCUT2D eigenvalue weighted by atomic mass is 16.4. The van der Waals surface area contributed by atoms with Crippen LogP contribution in [0.1, 0.15) is 6.92 Å². The summed E-state index contributed by atoms with van der Waals surface area (Å²) in [5.74, 6) is 0.367. The summed E-state index contributed by atoms with van der Waals surface area (Å²) in [5.41, 5.74) is 1.61. The summed E-state index contributed by atoms with van der Waals surface area (Å²) >= 11 is 0. The minimum Gasteiger partial charge on any atom is -0.465 e. The average Bonchev–Trinajstić information content (AvgIpc) is 2.61. The fraction of sp³-hybridized carbons (Fsp3) is 0.200. The van der Waals surface area contributed by atoms with Crippen LogP contribution in [-0.4, -0.2) is 27.7 Å². The molecule has 0 fully saturated rings. The van der Waals surface area contributed by atoms with E-state index in [-0.39, 0.29) is 0 Å². The zero-order valence-electron chi connectivity index (χ0n) is 8.27. The number of hydrogen-bond donors (Lipinski definition) is 2. The third-order valence-corrected chi connectivity index (χ3v) is 2.18. The van der Waals surface area contributed by atoms with Gasteiger partial charge in [-0.05, 0) is 19.1 Å². The Morgan fingerprint density at radius 3 is 2.87 bits per heavy atom. The fourth-order valence-corrected chi connectivity index (χ4v) is 1.44. The molecule has 2 aromatic rings. The van der Waals surface area contributed by atoms with Crippen LogP contribution in [0.25, 0.3) is 11.0 Å². The molecular weight excluding hydrogens is 194 g/mol. The monoisotopic (exact) mass is 205 g/mol. The molecule has 15 heavy (non-hydrogen) atoms. The molecule has 5 heteroatoms. The van der Waals surface area contributed by atoms with Crippen LogP contribution < -0.4 is 4.90 Å². The Hall–Kier alpha value is -2.04. The van der Waals surface area contributed by atoms with E-state index in [2.05, 4.69) is 9.97 Å². The minimum atomic E-state index is -1.00. The number of nitrogens with one attached hydrogen (secondary N) is 1. The van der Waals surface area contributed by atoms with Crippen LogP contribution in [-0.2, 0) is 0 Å². The number of para-hydroxylation sites is 2. The molecule has 1 aromatic carbocycles. The molecule has 0 saturated carbocycles. The number of benzene rings is 1. The molecule has 2 N–H and O–H groups in total. The molecule has 1 aromatic heterocycles. The van der Waals surface area contributed by atoms with Gasteiger partial charge in [-0.25, -0.2) is 14.7 Å². The van der Waals surface area contributed by atoms with Crippen molar-refractivity contribution in [2.75, 3.05) is 11.4 Å². The predicted octanol–water partition coefficient (Wildman–Crippen LogP) is 2.07. The molecule has 0 saturated heterocycles. The van der Waals surface area contributed by atoms with Crippen molar-refractivity contribution in [3.05, 3.63) is 24.3 Å². The van der Waals surface area contributed by atoms with Crippen molar-refractivity contribution in [3.63, 3.8) is 0 Å². The number of carboxylic acid groups (broad SMARTS) is 1. The lowest BCUT2D eigenvalue weighted by Gasteiger charge is -2.12. The van der Waals surface area contributed by atoms with Crippen molar-refractivity contribution in [2.24, 2.45) is 0 Å². The van der Waals surface area contributed by atoms with Crippen LogP contribution in [0.2, 0.25) is 0 Å². The van der Waals surface area contributed by atoms with Gasteiger partial charge in [-0.2, -0.15) is 0 Å². The number of aromatic amines is 1. The highest BCUT2D eigenvalue weighted by Crippen LogP contribution is 2.16. The van der Waals surface area contributed by atoms with E-state index >= 15 is 0 Å². The second-order valence-electron chi connectivity index (χ2n) is 3.10. The molecule has 0 atom stereocenters. The Bertz CT molecular complexity index is 459. The Balaban J connectivity index is 2.47. The minimum absolute atomic E-state index is 0.367. The van der Waals surface area contributed by atoms with Gasteiger partial charge in [0.15, 0.2) is 0 Å². The molecule has 0 radical (unpaired) electrons. The summed E-state index contributed by atoms with van der Waals surface area (Å²) in [5, 5.41) is 8.92. The molecule has 78 valence electrons. The number of anilines is 1. The summed E-state index contributed by atoms with van der Waals surface area (Å²) in [6.07, 6.45) is -1.00. The summed E-state index contributed by atoms with van der Waals surface area (Å²) in [6.45, 7) is 2.14. The zero-order chi connectivity index (χ0) is 10.8. The summed E-state index contributed by atoms with van der Waals surface area (Å²) < 4.78 is 0. The number of fused-ring (bicyclic) bond motifs is 1. The predicted molar refractivity (Wildman–Crippen MR) is 57.1 cm³/mol. The Morgan fingerprint density at radius 2 is 2.27 bits per heavy atom. The molecule has 2 rings (SSSR count). The molecule has 0 unspecified atom stereocenters. The Kier molecular flexibility index (Phi) is 2.29. The van der Waals surface area contributed by atoms with Gasteiger partial charge in [0.25, 0.3) is 0 Å². The first kappa shape index (κ1) is 9.51. The lowest BCUT2D eigenvalue weighted by atomic mass is 10.3. The number of amides is 1. The van der Waals surface area contributed by atoms with Gasteiger partial charge < -0.3 is 10.1 Å². The number of imidazole rings is 1. The summed E-state index contributed by atoms with van der Waals surface area (Å²) in [6, 6.07) is 7.44. The largest absolute Gasteiger partial charge is 0.465 e. The lowest BCUT2D eigenvalue weighted by Crippen LogP contribution is -2.29. The average molecular weight is 205 g/mol. The molecule has 5 nitrogen and oxygen atoms in total. The number of hydrogen-bond acceptors (Lipinski definition) is 2. The van der Waals surface area contributed by atoms with Crippen molar-refractivity contribution >= 4 is 23.1 Å². The quantitative estimate of drug-likeness (QED) is 0.788. The second kappa shape index (κ2) is 3.61. The van der Waals surface area contributed by atoms with Gasteiger partial charge in [0.1, 0.15) is 0 Å². The Labute approximate surface area is 86.4 Å². The highest BCUT2D eigenvalue weighted by molar-refractivity contribution is 5.87. The molecule has 0 spiro atoms. The maximum atomic E-state index is 10.9.